The molecule has 0 bridgehead atoms. The predicted molar refractivity (Wildman–Crippen MR) is 101 cm³/mol. The van der Waals surface area contributed by atoms with Crippen LogP contribution in [0.4, 0.5) is 0 Å². The highest BCUT2D eigenvalue weighted by atomic mass is 32.2. The Morgan fingerprint density at radius 2 is 1.77 bits per heavy atom. The summed E-state index contributed by atoms with van der Waals surface area (Å²) in [5.74, 6) is 1.06. The Kier molecular flexibility index (Phi) is 5.63. The molecule has 0 aliphatic heterocycles. The highest BCUT2D eigenvalue weighted by molar-refractivity contribution is 7.89. The first-order chi connectivity index (χ1) is 11.9. The molecule has 2 aromatic rings. The number of carbonyl (C=O) groups is 1. The largest absolute Gasteiger partial charge is 0.464 e. The second kappa shape index (κ2) is 7.25. The van der Waals surface area contributed by atoms with Crippen molar-refractivity contribution in [2.75, 3.05) is 0 Å². The molecule has 1 heterocycles. The summed E-state index contributed by atoms with van der Waals surface area (Å²) in [5.41, 5.74) is 0.398. The molecular weight excluding hydrogens is 352 g/mol. The van der Waals surface area contributed by atoms with Crippen molar-refractivity contribution in [2.24, 2.45) is 0 Å². The summed E-state index contributed by atoms with van der Waals surface area (Å²) in [7, 11) is -3.72. The lowest BCUT2D eigenvalue weighted by atomic mass is 10.1. The third kappa shape index (κ3) is 4.95. The van der Waals surface area contributed by atoms with Crippen LogP contribution in [0.25, 0.3) is 0 Å². The van der Waals surface area contributed by atoms with E-state index in [9.17, 15) is 13.2 Å². The van der Waals surface area contributed by atoms with Crippen LogP contribution in [-0.2, 0) is 10.0 Å². The van der Waals surface area contributed by atoms with Crippen LogP contribution in [-0.4, -0.2) is 19.9 Å². The van der Waals surface area contributed by atoms with E-state index in [-0.39, 0.29) is 16.8 Å². The van der Waals surface area contributed by atoms with Gasteiger partial charge >= 0.3 is 0 Å². The second-order valence-electron chi connectivity index (χ2n) is 7.48. The predicted octanol–water partition coefficient (Wildman–Crippen LogP) is 3.46. The summed E-state index contributed by atoms with van der Waals surface area (Å²) < 4.78 is 33.2. The van der Waals surface area contributed by atoms with Gasteiger partial charge in [-0.2, -0.15) is 0 Å². The van der Waals surface area contributed by atoms with Crippen molar-refractivity contribution in [3.63, 3.8) is 0 Å². The fourth-order valence-electron chi connectivity index (χ4n) is 2.51. The first-order valence-electron chi connectivity index (χ1n) is 8.41. The summed E-state index contributed by atoms with van der Waals surface area (Å²) in [6, 6.07) is 7.84. The molecule has 0 aliphatic rings. The molecule has 7 heteroatoms. The van der Waals surface area contributed by atoms with Gasteiger partial charge in [-0.25, -0.2) is 13.1 Å². The molecule has 142 valence electrons. The minimum Gasteiger partial charge on any atom is -0.464 e. The van der Waals surface area contributed by atoms with Crippen molar-refractivity contribution in [1.29, 1.82) is 0 Å². The molecule has 1 unspecified atom stereocenters. The first-order valence-corrected chi connectivity index (χ1v) is 9.89. The maximum Gasteiger partial charge on any atom is 0.252 e. The lowest BCUT2D eigenvalue weighted by Crippen LogP contribution is -2.40. The molecule has 0 spiro atoms. The van der Waals surface area contributed by atoms with E-state index in [1.807, 2.05) is 19.9 Å². The highest BCUT2D eigenvalue weighted by Crippen LogP contribution is 2.20. The summed E-state index contributed by atoms with van der Waals surface area (Å²) in [6.45, 7) is 10.7. The van der Waals surface area contributed by atoms with Crippen molar-refractivity contribution in [3.8, 4) is 0 Å². The fraction of sp³-hybridized carbons (Fsp3) is 0.421. The van der Waals surface area contributed by atoms with Crippen LogP contribution >= 0.6 is 0 Å². The van der Waals surface area contributed by atoms with Crippen molar-refractivity contribution in [1.82, 2.24) is 10.0 Å². The normalized spacial score (nSPS) is 13.5. The van der Waals surface area contributed by atoms with Crippen LogP contribution in [0, 0.1) is 13.8 Å². The van der Waals surface area contributed by atoms with E-state index >= 15 is 0 Å². The monoisotopic (exact) mass is 378 g/mol. The Hall–Kier alpha value is -2.12. The fourth-order valence-corrected chi connectivity index (χ4v) is 3.95. The molecule has 2 rings (SSSR count). The Balaban J connectivity index is 2.27. The van der Waals surface area contributed by atoms with E-state index in [4.69, 9.17) is 4.42 Å². The van der Waals surface area contributed by atoms with E-state index in [1.165, 1.54) is 12.1 Å². The van der Waals surface area contributed by atoms with Gasteiger partial charge in [-0.1, -0.05) is 6.07 Å². The Labute approximate surface area is 155 Å². The smallest absolute Gasteiger partial charge is 0.252 e. The van der Waals surface area contributed by atoms with Gasteiger partial charge in [-0.15, -0.1) is 0 Å². The van der Waals surface area contributed by atoms with Gasteiger partial charge in [0, 0.05) is 11.1 Å². The van der Waals surface area contributed by atoms with Crippen LogP contribution in [0.15, 0.2) is 39.6 Å². The summed E-state index contributed by atoms with van der Waals surface area (Å²) in [6.07, 6.45) is 0. The van der Waals surface area contributed by atoms with E-state index < -0.39 is 15.6 Å². The van der Waals surface area contributed by atoms with Gasteiger partial charge in [-0.05, 0) is 71.4 Å². The number of benzene rings is 1. The maximum atomic E-state index is 12.7. The minimum atomic E-state index is -3.72. The third-order valence-electron chi connectivity index (χ3n) is 3.74. The minimum absolute atomic E-state index is 0.0599. The van der Waals surface area contributed by atoms with Gasteiger partial charge < -0.3 is 9.73 Å². The van der Waals surface area contributed by atoms with Crippen LogP contribution in [0.3, 0.4) is 0 Å². The SMILES string of the molecule is Cc1ccc(C(C)NC(=O)c2cc(S(=O)(=O)NC(C)(C)C)ccc2C)o1. The topological polar surface area (TPSA) is 88.4 Å². The molecule has 1 amide bonds. The molecule has 1 atom stereocenters. The molecule has 0 fully saturated rings. The third-order valence-corrected chi connectivity index (χ3v) is 5.50. The number of hydrogen-bond acceptors (Lipinski definition) is 4. The Morgan fingerprint density at radius 1 is 1.12 bits per heavy atom. The van der Waals surface area contributed by atoms with Gasteiger partial charge in [-0.3, -0.25) is 4.79 Å². The molecule has 0 saturated heterocycles. The van der Waals surface area contributed by atoms with E-state index in [1.54, 1.807) is 39.8 Å². The molecule has 1 aromatic carbocycles. The summed E-state index contributed by atoms with van der Waals surface area (Å²) in [5, 5.41) is 2.85. The summed E-state index contributed by atoms with van der Waals surface area (Å²) in [4.78, 5) is 12.7. The lowest BCUT2D eigenvalue weighted by Gasteiger charge is -2.21. The van der Waals surface area contributed by atoms with E-state index in [2.05, 4.69) is 10.0 Å². The molecule has 6 nitrogen and oxygen atoms in total. The molecule has 0 saturated carbocycles. The lowest BCUT2D eigenvalue weighted by molar-refractivity contribution is 0.0934. The van der Waals surface area contributed by atoms with Gasteiger partial charge in [0.25, 0.3) is 5.91 Å². The number of aryl methyl sites for hydroxylation is 2. The number of sulfonamides is 1. The van der Waals surface area contributed by atoms with Crippen LogP contribution in [0.2, 0.25) is 0 Å². The Morgan fingerprint density at radius 3 is 2.31 bits per heavy atom. The van der Waals surface area contributed by atoms with Gasteiger partial charge in [0.15, 0.2) is 0 Å². The van der Waals surface area contributed by atoms with Gasteiger partial charge in [0.05, 0.1) is 10.9 Å². The number of amides is 1. The van der Waals surface area contributed by atoms with Crippen LogP contribution < -0.4 is 10.0 Å². The number of rotatable bonds is 5. The number of furan rings is 1. The van der Waals surface area contributed by atoms with Crippen molar-refractivity contribution in [3.05, 3.63) is 53.0 Å². The second-order valence-corrected chi connectivity index (χ2v) is 9.16. The van der Waals surface area contributed by atoms with E-state index in [0.29, 0.717) is 16.9 Å². The van der Waals surface area contributed by atoms with Crippen LogP contribution in [0.5, 0.6) is 0 Å². The zero-order valence-electron chi connectivity index (χ0n) is 16.0. The first kappa shape index (κ1) is 20.2. The summed E-state index contributed by atoms with van der Waals surface area (Å²) >= 11 is 0. The van der Waals surface area contributed by atoms with Gasteiger partial charge in [0.2, 0.25) is 10.0 Å². The maximum absolute atomic E-state index is 12.7. The van der Waals surface area contributed by atoms with Crippen molar-refractivity contribution >= 4 is 15.9 Å². The number of hydrogen-bond donors (Lipinski definition) is 2. The molecule has 26 heavy (non-hydrogen) atoms. The van der Waals surface area contributed by atoms with Gasteiger partial charge in [0.1, 0.15) is 11.5 Å². The zero-order chi connectivity index (χ0) is 19.7. The van der Waals surface area contributed by atoms with E-state index in [0.717, 1.165) is 5.76 Å². The average molecular weight is 378 g/mol. The quantitative estimate of drug-likeness (QED) is 0.834. The Bertz CT molecular complexity index is 908. The van der Waals surface area contributed by atoms with Crippen molar-refractivity contribution < 1.29 is 17.6 Å². The molecule has 1 aromatic heterocycles. The van der Waals surface area contributed by atoms with Crippen LogP contribution in [0.1, 0.15) is 61.2 Å². The number of carbonyl (C=O) groups excluding carboxylic acids is 1. The molecule has 0 radical (unpaired) electrons. The average Bonchev–Trinajstić information content (AvgIpc) is 2.91. The standard InChI is InChI=1S/C19H26N2O4S/c1-12-7-9-15(26(23,24)21-19(4,5)6)11-16(12)18(22)20-14(3)17-10-8-13(2)25-17/h7-11,14,21H,1-6H3,(H,20,22). The molecule has 2 N–H and O–H groups in total. The van der Waals surface area contributed by atoms with Crippen molar-refractivity contribution in [2.45, 2.75) is 58.0 Å². The highest BCUT2D eigenvalue weighted by Gasteiger charge is 2.24. The molecule has 0 aliphatic carbocycles. The molecular formula is C19H26N2O4S. The number of nitrogens with one attached hydrogen (secondary N) is 2. The zero-order valence-corrected chi connectivity index (χ0v) is 16.8.